The zero-order chi connectivity index (χ0) is 17.1. The van der Waals surface area contributed by atoms with Crippen LogP contribution in [0.4, 0.5) is 5.69 Å². The average Bonchev–Trinajstić information content (AvgIpc) is 3.00. The lowest BCUT2D eigenvalue weighted by Crippen LogP contribution is -2.10. The number of aromatic nitrogens is 2. The molecule has 0 spiro atoms. The summed E-state index contributed by atoms with van der Waals surface area (Å²) < 4.78 is 5.07. The fourth-order valence-electron chi connectivity index (χ4n) is 2.84. The van der Waals surface area contributed by atoms with E-state index in [1.54, 1.807) is 13.2 Å². The molecule has 0 fully saturated rings. The van der Waals surface area contributed by atoms with Gasteiger partial charge < -0.3 is 26.2 Å². The van der Waals surface area contributed by atoms with E-state index in [0.717, 1.165) is 35.0 Å². The maximum Gasteiger partial charge on any atom is 0.257 e. The Bertz CT molecular complexity index is 897. The van der Waals surface area contributed by atoms with E-state index in [-0.39, 0.29) is 11.6 Å². The number of hydrogen-bond acceptors (Lipinski definition) is 4. The molecule has 3 aromatic rings. The first-order chi connectivity index (χ1) is 11.6. The summed E-state index contributed by atoms with van der Waals surface area (Å²) in [7, 11) is 1.69. The number of pyridine rings is 1. The van der Waals surface area contributed by atoms with Crippen molar-refractivity contribution in [1.29, 1.82) is 0 Å². The lowest BCUT2D eigenvalue weighted by molar-refractivity contribution is 0.190. The molecule has 0 bridgehead atoms. The Hall–Kier alpha value is -2.57. The summed E-state index contributed by atoms with van der Waals surface area (Å²) in [6, 6.07) is 9.66. The molecule has 0 aliphatic heterocycles. The zero-order valence-electron chi connectivity index (χ0n) is 13.6. The van der Waals surface area contributed by atoms with Gasteiger partial charge in [0.25, 0.3) is 5.56 Å². The van der Waals surface area contributed by atoms with Gasteiger partial charge in [-0.25, -0.2) is 0 Å². The minimum Gasteiger partial charge on any atom is -0.398 e. The number of rotatable bonds is 6. The van der Waals surface area contributed by atoms with Gasteiger partial charge in [-0.05, 0) is 42.7 Å². The SMILES string of the molecule is COCCCC(N)c1ccc2[nH]c(-c3cc(N)c[nH]c3=O)cc2c1. The highest BCUT2D eigenvalue weighted by atomic mass is 16.5. The summed E-state index contributed by atoms with van der Waals surface area (Å²) in [4.78, 5) is 17.9. The van der Waals surface area contributed by atoms with Crippen molar-refractivity contribution in [2.24, 2.45) is 5.73 Å². The van der Waals surface area contributed by atoms with Crippen molar-refractivity contribution in [2.45, 2.75) is 18.9 Å². The van der Waals surface area contributed by atoms with Crippen LogP contribution in [-0.4, -0.2) is 23.7 Å². The predicted octanol–water partition coefficient (Wildman–Crippen LogP) is 2.53. The van der Waals surface area contributed by atoms with E-state index >= 15 is 0 Å². The van der Waals surface area contributed by atoms with Gasteiger partial charge in [0, 0.05) is 42.5 Å². The Balaban J connectivity index is 1.91. The zero-order valence-corrected chi connectivity index (χ0v) is 13.6. The molecule has 24 heavy (non-hydrogen) atoms. The van der Waals surface area contributed by atoms with Crippen molar-refractivity contribution in [3.05, 3.63) is 52.4 Å². The number of anilines is 1. The van der Waals surface area contributed by atoms with Gasteiger partial charge in [0.2, 0.25) is 0 Å². The maximum absolute atomic E-state index is 12.0. The second kappa shape index (κ2) is 6.90. The molecule has 0 amide bonds. The molecular weight excluding hydrogens is 304 g/mol. The Kier molecular flexibility index (Phi) is 4.69. The van der Waals surface area contributed by atoms with Gasteiger partial charge >= 0.3 is 0 Å². The molecule has 6 heteroatoms. The molecule has 6 N–H and O–H groups in total. The van der Waals surface area contributed by atoms with E-state index in [1.807, 2.05) is 18.2 Å². The van der Waals surface area contributed by atoms with Crippen LogP contribution in [0.15, 0.2) is 41.3 Å². The number of methoxy groups -OCH3 is 1. The second-order valence-corrected chi connectivity index (χ2v) is 5.95. The van der Waals surface area contributed by atoms with Gasteiger partial charge in [-0.15, -0.1) is 0 Å². The summed E-state index contributed by atoms with van der Waals surface area (Å²) in [5.74, 6) is 0. The van der Waals surface area contributed by atoms with Gasteiger partial charge in [0.1, 0.15) is 0 Å². The molecule has 2 aromatic heterocycles. The average molecular weight is 326 g/mol. The second-order valence-electron chi connectivity index (χ2n) is 5.95. The topological polar surface area (TPSA) is 110 Å². The van der Waals surface area contributed by atoms with Crippen molar-refractivity contribution < 1.29 is 4.74 Å². The van der Waals surface area contributed by atoms with Crippen LogP contribution in [0.1, 0.15) is 24.4 Å². The fourth-order valence-corrected chi connectivity index (χ4v) is 2.84. The van der Waals surface area contributed by atoms with Crippen LogP contribution >= 0.6 is 0 Å². The number of nitrogens with one attached hydrogen (secondary N) is 2. The van der Waals surface area contributed by atoms with Gasteiger partial charge in [-0.2, -0.15) is 0 Å². The smallest absolute Gasteiger partial charge is 0.257 e. The third-order valence-electron chi connectivity index (χ3n) is 4.15. The molecule has 2 heterocycles. The van der Waals surface area contributed by atoms with Crippen LogP contribution in [-0.2, 0) is 4.74 Å². The van der Waals surface area contributed by atoms with E-state index in [4.69, 9.17) is 16.2 Å². The monoisotopic (exact) mass is 326 g/mol. The van der Waals surface area contributed by atoms with Crippen LogP contribution in [0.25, 0.3) is 22.2 Å². The van der Waals surface area contributed by atoms with E-state index in [0.29, 0.717) is 17.9 Å². The van der Waals surface area contributed by atoms with Gasteiger partial charge in [0.15, 0.2) is 0 Å². The van der Waals surface area contributed by atoms with Gasteiger partial charge in [-0.1, -0.05) is 6.07 Å². The molecule has 3 rings (SSSR count). The fraction of sp³-hybridized carbons (Fsp3) is 0.278. The summed E-state index contributed by atoms with van der Waals surface area (Å²) in [6.45, 7) is 0.711. The number of aromatic amines is 2. The molecule has 0 radical (unpaired) electrons. The summed E-state index contributed by atoms with van der Waals surface area (Å²) in [6.07, 6.45) is 3.28. The van der Waals surface area contributed by atoms with Crippen molar-refractivity contribution >= 4 is 16.6 Å². The first kappa shape index (κ1) is 16.3. The first-order valence-electron chi connectivity index (χ1n) is 7.94. The van der Waals surface area contributed by atoms with Crippen LogP contribution < -0.4 is 17.0 Å². The Morgan fingerprint density at radius 1 is 1.25 bits per heavy atom. The summed E-state index contributed by atoms with van der Waals surface area (Å²) >= 11 is 0. The Morgan fingerprint density at radius 2 is 2.08 bits per heavy atom. The standard InChI is InChI=1S/C18H22N4O2/c1-24-6-2-3-15(20)11-4-5-16-12(7-11)8-17(22-16)14-9-13(19)10-21-18(14)23/h4-5,7-10,15,22H,2-3,6,19-20H2,1H3,(H,21,23). The molecule has 0 saturated carbocycles. The molecule has 1 atom stereocenters. The maximum atomic E-state index is 12.0. The number of nitrogen functional groups attached to an aromatic ring is 1. The summed E-state index contributed by atoms with van der Waals surface area (Å²) in [5, 5.41) is 1.02. The van der Waals surface area contributed by atoms with E-state index in [9.17, 15) is 4.79 Å². The Labute approximate surface area is 139 Å². The number of nitrogens with two attached hydrogens (primary N) is 2. The highest BCUT2D eigenvalue weighted by Crippen LogP contribution is 2.26. The number of ether oxygens (including phenoxy) is 1. The van der Waals surface area contributed by atoms with Crippen molar-refractivity contribution in [1.82, 2.24) is 9.97 Å². The molecular formula is C18H22N4O2. The molecule has 1 aromatic carbocycles. The van der Waals surface area contributed by atoms with Crippen molar-refractivity contribution in [2.75, 3.05) is 19.5 Å². The molecule has 0 aliphatic carbocycles. The number of benzene rings is 1. The molecule has 0 saturated heterocycles. The normalized spacial score (nSPS) is 12.6. The number of hydrogen-bond donors (Lipinski definition) is 4. The van der Waals surface area contributed by atoms with Crippen LogP contribution in [0.3, 0.4) is 0 Å². The first-order valence-corrected chi connectivity index (χ1v) is 7.94. The Morgan fingerprint density at radius 3 is 2.88 bits per heavy atom. The van der Waals surface area contributed by atoms with E-state index in [1.165, 1.54) is 6.20 Å². The predicted molar refractivity (Wildman–Crippen MR) is 96.8 cm³/mol. The van der Waals surface area contributed by atoms with E-state index in [2.05, 4.69) is 16.0 Å². The van der Waals surface area contributed by atoms with Crippen molar-refractivity contribution in [3.63, 3.8) is 0 Å². The van der Waals surface area contributed by atoms with Crippen LogP contribution in [0, 0.1) is 0 Å². The minimum atomic E-state index is -0.174. The number of H-pyrrole nitrogens is 2. The summed E-state index contributed by atoms with van der Waals surface area (Å²) in [5.41, 5.74) is 15.7. The highest BCUT2D eigenvalue weighted by Gasteiger charge is 2.11. The molecule has 0 aliphatic rings. The largest absolute Gasteiger partial charge is 0.398 e. The third kappa shape index (κ3) is 3.34. The molecule has 126 valence electrons. The lowest BCUT2D eigenvalue weighted by atomic mass is 10.0. The van der Waals surface area contributed by atoms with Gasteiger partial charge in [0.05, 0.1) is 11.3 Å². The van der Waals surface area contributed by atoms with Crippen LogP contribution in [0.5, 0.6) is 0 Å². The minimum absolute atomic E-state index is 0.0290. The van der Waals surface area contributed by atoms with Crippen molar-refractivity contribution in [3.8, 4) is 11.3 Å². The van der Waals surface area contributed by atoms with E-state index < -0.39 is 0 Å². The van der Waals surface area contributed by atoms with Gasteiger partial charge in [-0.3, -0.25) is 4.79 Å². The highest BCUT2D eigenvalue weighted by molar-refractivity contribution is 5.86. The third-order valence-corrected chi connectivity index (χ3v) is 4.15. The quantitative estimate of drug-likeness (QED) is 0.522. The molecule has 1 unspecified atom stereocenters. The lowest BCUT2D eigenvalue weighted by Gasteiger charge is -2.11. The molecule has 6 nitrogen and oxygen atoms in total. The number of fused-ring (bicyclic) bond motifs is 1. The van der Waals surface area contributed by atoms with Crippen LogP contribution in [0.2, 0.25) is 0 Å².